The average molecular weight is 376 g/mol. The first-order valence-corrected chi connectivity index (χ1v) is 10.5. The number of aryl methyl sites for hydroxylation is 1. The molecular formula is C18H21N3O2S2. The fourth-order valence-electron chi connectivity index (χ4n) is 2.57. The monoisotopic (exact) mass is 375 g/mol. The van der Waals surface area contributed by atoms with Crippen molar-refractivity contribution in [3.8, 4) is 0 Å². The molecule has 1 aromatic heterocycles. The van der Waals surface area contributed by atoms with Gasteiger partial charge in [-0.15, -0.1) is 0 Å². The lowest BCUT2D eigenvalue weighted by atomic mass is 10.1. The number of carbonyl (C=O) groups is 1. The Kier molecular flexibility index (Phi) is 6.20. The van der Waals surface area contributed by atoms with Gasteiger partial charge in [0.25, 0.3) is 5.56 Å². The van der Waals surface area contributed by atoms with Crippen LogP contribution in [0.4, 0.5) is 5.69 Å². The summed E-state index contributed by atoms with van der Waals surface area (Å²) in [6.07, 6.45) is 3.41. The number of rotatable bonds is 7. The predicted molar refractivity (Wildman–Crippen MR) is 104 cm³/mol. The van der Waals surface area contributed by atoms with Gasteiger partial charge in [-0.05, 0) is 30.5 Å². The number of hydrogen-bond acceptors (Lipinski definition) is 5. The van der Waals surface area contributed by atoms with E-state index in [0.717, 1.165) is 34.9 Å². The molecule has 0 aliphatic carbocycles. The van der Waals surface area contributed by atoms with Crippen molar-refractivity contribution in [2.45, 2.75) is 42.8 Å². The summed E-state index contributed by atoms with van der Waals surface area (Å²) in [5.74, 6) is 1.59. The largest absolute Gasteiger partial charge is 0.325 e. The molecule has 0 radical (unpaired) electrons. The predicted octanol–water partition coefficient (Wildman–Crippen LogP) is 3.59. The second-order valence-corrected chi connectivity index (χ2v) is 7.88. The smallest absolute Gasteiger partial charge is 0.255 e. The Bertz CT molecular complexity index is 803. The number of benzene rings is 1. The van der Waals surface area contributed by atoms with E-state index in [1.807, 2.05) is 12.1 Å². The van der Waals surface area contributed by atoms with Crippen LogP contribution < -0.4 is 10.9 Å². The van der Waals surface area contributed by atoms with Crippen LogP contribution in [0.5, 0.6) is 0 Å². The van der Waals surface area contributed by atoms with E-state index < -0.39 is 0 Å². The van der Waals surface area contributed by atoms with Gasteiger partial charge in [0.2, 0.25) is 5.91 Å². The molecule has 7 heteroatoms. The van der Waals surface area contributed by atoms with Gasteiger partial charge < -0.3 is 10.3 Å². The Morgan fingerprint density at radius 3 is 2.88 bits per heavy atom. The number of H-pyrrole nitrogens is 1. The van der Waals surface area contributed by atoms with Crippen LogP contribution in [0.2, 0.25) is 0 Å². The molecule has 0 saturated carbocycles. The zero-order chi connectivity index (χ0) is 17.6. The van der Waals surface area contributed by atoms with E-state index in [1.165, 1.54) is 30.2 Å². The first kappa shape index (κ1) is 18.1. The fourth-order valence-corrected chi connectivity index (χ4v) is 4.29. The number of aromatic amines is 1. The van der Waals surface area contributed by atoms with E-state index >= 15 is 0 Å². The summed E-state index contributed by atoms with van der Waals surface area (Å²) in [5, 5.41) is 3.39. The van der Waals surface area contributed by atoms with Gasteiger partial charge in [-0.3, -0.25) is 9.59 Å². The minimum atomic E-state index is -0.108. The average Bonchev–Trinajstić information content (AvgIpc) is 3.09. The maximum atomic E-state index is 12.1. The molecule has 1 amide bonds. The Morgan fingerprint density at radius 2 is 2.12 bits per heavy atom. The number of anilines is 1. The third-order valence-electron chi connectivity index (χ3n) is 3.96. The molecule has 0 atom stereocenters. The molecule has 132 valence electrons. The molecule has 0 spiro atoms. The van der Waals surface area contributed by atoms with Crippen molar-refractivity contribution >= 4 is 35.1 Å². The summed E-state index contributed by atoms with van der Waals surface area (Å²) in [5.41, 5.74) is 3.60. The van der Waals surface area contributed by atoms with E-state index in [0.29, 0.717) is 5.16 Å². The van der Waals surface area contributed by atoms with Crippen molar-refractivity contribution in [1.82, 2.24) is 9.97 Å². The Labute approximate surface area is 155 Å². The van der Waals surface area contributed by atoms with Crippen molar-refractivity contribution in [1.29, 1.82) is 0 Å². The SMILES string of the molecule is CCCCc1ccc(NC(=O)CSc2nc3c(c(=O)[nH]2)CSC3)cc1. The van der Waals surface area contributed by atoms with Crippen molar-refractivity contribution < 1.29 is 4.79 Å². The molecule has 2 aromatic rings. The van der Waals surface area contributed by atoms with Gasteiger partial charge in [0.1, 0.15) is 0 Å². The molecule has 1 aromatic carbocycles. The third kappa shape index (κ3) is 4.89. The van der Waals surface area contributed by atoms with Crippen molar-refractivity contribution in [3.63, 3.8) is 0 Å². The van der Waals surface area contributed by atoms with Gasteiger partial charge >= 0.3 is 0 Å². The quantitative estimate of drug-likeness (QED) is 0.571. The summed E-state index contributed by atoms with van der Waals surface area (Å²) < 4.78 is 0. The standard InChI is InChI=1S/C18H21N3O2S2/c1-2-3-4-12-5-7-13(8-6-12)19-16(22)11-25-18-20-15-10-24-9-14(15)17(23)21-18/h5-8H,2-4,9-11H2,1H3,(H,19,22)(H,20,21,23). The van der Waals surface area contributed by atoms with Crippen molar-refractivity contribution in [2.24, 2.45) is 0 Å². The topological polar surface area (TPSA) is 74.8 Å². The lowest BCUT2D eigenvalue weighted by Gasteiger charge is -2.07. The molecule has 3 rings (SSSR count). The number of thioether (sulfide) groups is 2. The first-order chi connectivity index (χ1) is 12.2. The van der Waals surface area contributed by atoms with Crippen LogP contribution >= 0.6 is 23.5 Å². The first-order valence-electron chi connectivity index (χ1n) is 8.37. The van der Waals surface area contributed by atoms with Gasteiger partial charge in [-0.25, -0.2) is 4.98 Å². The Hall–Kier alpha value is -1.73. The van der Waals surface area contributed by atoms with Gasteiger partial charge in [-0.1, -0.05) is 37.2 Å². The Balaban J connectivity index is 1.53. The van der Waals surface area contributed by atoms with Crippen molar-refractivity contribution in [3.05, 3.63) is 51.4 Å². The molecule has 2 heterocycles. The zero-order valence-corrected chi connectivity index (χ0v) is 15.8. The number of amides is 1. The van der Waals surface area contributed by atoms with Crippen molar-refractivity contribution in [2.75, 3.05) is 11.1 Å². The maximum absolute atomic E-state index is 12.1. The summed E-state index contributed by atoms with van der Waals surface area (Å²) in [7, 11) is 0. The number of hydrogen-bond donors (Lipinski definition) is 2. The maximum Gasteiger partial charge on any atom is 0.255 e. The minimum absolute atomic E-state index is 0.0828. The van der Waals surface area contributed by atoms with Gasteiger partial charge in [-0.2, -0.15) is 11.8 Å². The third-order valence-corrected chi connectivity index (χ3v) is 5.80. The number of aromatic nitrogens is 2. The highest BCUT2D eigenvalue weighted by Crippen LogP contribution is 2.26. The zero-order valence-electron chi connectivity index (χ0n) is 14.1. The van der Waals surface area contributed by atoms with Crippen LogP contribution in [0, 0.1) is 0 Å². The van der Waals surface area contributed by atoms with Crippen LogP contribution in [-0.4, -0.2) is 21.6 Å². The molecule has 1 aliphatic rings. The van der Waals surface area contributed by atoms with Crippen LogP contribution in [-0.2, 0) is 22.7 Å². The highest BCUT2D eigenvalue weighted by molar-refractivity contribution is 7.99. The molecule has 0 bridgehead atoms. The van der Waals surface area contributed by atoms with E-state index in [1.54, 1.807) is 11.8 Å². The molecule has 0 saturated heterocycles. The highest BCUT2D eigenvalue weighted by atomic mass is 32.2. The molecule has 1 aliphatic heterocycles. The van der Waals surface area contributed by atoms with Gasteiger partial charge in [0.05, 0.1) is 11.4 Å². The fraction of sp³-hybridized carbons (Fsp3) is 0.389. The molecule has 2 N–H and O–H groups in total. The van der Waals surface area contributed by atoms with Crippen LogP contribution in [0.15, 0.2) is 34.2 Å². The number of fused-ring (bicyclic) bond motifs is 1. The highest BCUT2D eigenvalue weighted by Gasteiger charge is 2.18. The normalized spacial score (nSPS) is 12.8. The molecule has 25 heavy (non-hydrogen) atoms. The number of nitrogens with zero attached hydrogens (tertiary/aromatic N) is 1. The van der Waals surface area contributed by atoms with E-state index in [-0.39, 0.29) is 17.2 Å². The lowest BCUT2D eigenvalue weighted by Crippen LogP contribution is -2.17. The van der Waals surface area contributed by atoms with E-state index in [4.69, 9.17) is 0 Å². The summed E-state index contributed by atoms with van der Waals surface area (Å²) >= 11 is 2.94. The summed E-state index contributed by atoms with van der Waals surface area (Å²) in [4.78, 5) is 31.3. The van der Waals surface area contributed by atoms with Gasteiger partial charge in [0, 0.05) is 22.8 Å². The van der Waals surface area contributed by atoms with Gasteiger partial charge in [0.15, 0.2) is 5.16 Å². The summed E-state index contributed by atoms with van der Waals surface area (Å²) in [6.45, 7) is 2.17. The van der Waals surface area contributed by atoms with Crippen LogP contribution in [0.25, 0.3) is 0 Å². The number of carbonyl (C=O) groups excluding carboxylic acids is 1. The van der Waals surface area contributed by atoms with E-state index in [9.17, 15) is 9.59 Å². The van der Waals surface area contributed by atoms with Crippen LogP contribution in [0.1, 0.15) is 36.6 Å². The lowest BCUT2D eigenvalue weighted by molar-refractivity contribution is -0.113. The molecular weight excluding hydrogens is 354 g/mol. The molecule has 0 fully saturated rings. The minimum Gasteiger partial charge on any atom is -0.325 e. The second-order valence-electron chi connectivity index (χ2n) is 5.93. The molecule has 5 nitrogen and oxygen atoms in total. The van der Waals surface area contributed by atoms with E-state index in [2.05, 4.69) is 34.3 Å². The number of unbranched alkanes of at least 4 members (excludes halogenated alkanes) is 1. The summed E-state index contributed by atoms with van der Waals surface area (Å²) in [6, 6.07) is 7.96. The second kappa shape index (κ2) is 8.58. The number of nitrogens with one attached hydrogen (secondary N) is 2. The Morgan fingerprint density at radius 1 is 1.32 bits per heavy atom. The van der Waals surface area contributed by atoms with Crippen LogP contribution in [0.3, 0.4) is 0 Å². The molecule has 0 unspecified atom stereocenters.